The lowest BCUT2D eigenvalue weighted by Gasteiger charge is -2.11. The fourth-order valence-electron chi connectivity index (χ4n) is 1.90. The van der Waals surface area contributed by atoms with E-state index in [0.29, 0.717) is 17.3 Å². The summed E-state index contributed by atoms with van der Waals surface area (Å²) in [6.07, 6.45) is 0.810. The summed E-state index contributed by atoms with van der Waals surface area (Å²) in [5.74, 6) is -0.307. The number of carbonyl (C=O) groups excluding carboxylic acids is 1. The fourth-order valence-corrected chi connectivity index (χ4v) is 2.13. The molecule has 0 radical (unpaired) electrons. The van der Waals surface area contributed by atoms with Gasteiger partial charge in [0.15, 0.2) is 5.11 Å². The average Bonchev–Trinajstić information content (AvgIpc) is 2.55. The number of anilines is 2. The van der Waals surface area contributed by atoms with Gasteiger partial charge in [0.1, 0.15) is 0 Å². The Morgan fingerprint density at radius 2 is 1.52 bits per heavy atom. The number of carbonyl (C=O) groups is 1. The molecular formula is C18H20N2O2S. The van der Waals surface area contributed by atoms with Gasteiger partial charge in [0.05, 0.1) is 12.2 Å². The highest BCUT2D eigenvalue weighted by Gasteiger charge is 2.06. The maximum atomic E-state index is 11.7. The van der Waals surface area contributed by atoms with Gasteiger partial charge in [-0.15, -0.1) is 0 Å². The summed E-state index contributed by atoms with van der Waals surface area (Å²) in [5.41, 5.74) is 3.45. The SMILES string of the molecule is CCCOC(=O)c1ccc(NC(=S)Nc2ccc(C)cc2)cc1. The van der Waals surface area contributed by atoms with Gasteiger partial charge in [-0.2, -0.15) is 0 Å². The summed E-state index contributed by atoms with van der Waals surface area (Å²) in [7, 11) is 0. The molecule has 0 bridgehead atoms. The van der Waals surface area contributed by atoms with Crippen LogP contribution in [0.15, 0.2) is 48.5 Å². The summed E-state index contributed by atoms with van der Waals surface area (Å²) >= 11 is 5.28. The summed E-state index contributed by atoms with van der Waals surface area (Å²) < 4.78 is 5.09. The van der Waals surface area contributed by atoms with Gasteiger partial charge in [-0.3, -0.25) is 0 Å². The largest absolute Gasteiger partial charge is 0.462 e. The Morgan fingerprint density at radius 1 is 1.00 bits per heavy atom. The summed E-state index contributed by atoms with van der Waals surface area (Å²) in [6.45, 7) is 4.43. The molecular weight excluding hydrogens is 308 g/mol. The molecule has 2 aromatic rings. The third-order valence-electron chi connectivity index (χ3n) is 3.13. The van der Waals surface area contributed by atoms with Crippen LogP contribution in [0.1, 0.15) is 29.3 Å². The van der Waals surface area contributed by atoms with Crippen LogP contribution in [0, 0.1) is 6.92 Å². The van der Waals surface area contributed by atoms with Gasteiger partial charge in [0.25, 0.3) is 0 Å². The Labute approximate surface area is 141 Å². The van der Waals surface area contributed by atoms with Crippen LogP contribution in [-0.2, 0) is 4.74 Å². The highest BCUT2D eigenvalue weighted by molar-refractivity contribution is 7.80. The van der Waals surface area contributed by atoms with Crippen LogP contribution >= 0.6 is 12.2 Å². The molecule has 0 spiro atoms. The van der Waals surface area contributed by atoms with Crippen LogP contribution in [0.25, 0.3) is 0 Å². The Kier molecular flexibility index (Phi) is 6.11. The number of benzene rings is 2. The van der Waals surface area contributed by atoms with Gasteiger partial charge in [-0.25, -0.2) is 4.79 Å². The van der Waals surface area contributed by atoms with E-state index in [-0.39, 0.29) is 5.97 Å². The van der Waals surface area contributed by atoms with Gasteiger partial charge in [-0.1, -0.05) is 24.6 Å². The lowest BCUT2D eigenvalue weighted by Crippen LogP contribution is -2.19. The van der Waals surface area contributed by atoms with Crippen molar-refractivity contribution in [1.82, 2.24) is 0 Å². The van der Waals surface area contributed by atoms with Crippen molar-refractivity contribution in [1.29, 1.82) is 0 Å². The molecule has 0 aromatic heterocycles. The second-order valence-corrected chi connectivity index (χ2v) is 5.57. The summed E-state index contributed by atoms with van der Waals surface area (Å²) in [5, 5.41) is 6.69. The molecule has 23 heavy (non-hydrogen) atoms. The predicted molar refractivity (Wildman–Crippen MR) is 98.0 cm³/mol. The lowest BCUT2D eigenvalue weighted by molar-refractivity contribution is 0.0505. The van der Waals surface area contributed by atoms with E-state index < -0.39 is 0 Å². The van der Waals surface area contributed by atoms with E-state index in [4.69, 9.17) is 17.0 Å². The highest BCUT2D eigenvalue weighted by Crippen LogP contribution is 2.13. The molecule has 0 amide bonds. The summed E-state index contributed by atoms with van der Waals surface area (Å²) in [6, 6.07) is 15.0. The van der Waals surface area contributed by atoms with Crippen LogP contribution in [0.2, 0.25) is 0 Å². The number of nitrogens with one attached hydrogen (secondary N) is 2. The zero-order chi connectivity index (χ0) is 16.7. The molecule has 0 saturated carbocycles. The number of esters is 1. The van der Waals surface area contributed by atoms with Crippen molar-refractivity contribution in [2.24, 2.45) is 0 Å². The lowest BCUT2D eigenvalue weighted by atomic mass is 10.2. The number of hydrogen-bond donors (Lipinski definition) is 2. The maximum absolute atomic E-state index is 11.7. The molecule has 0 heterocycles. The Hall–Kier alpha value is -2.40. The van der Waals surface area contributed by atoms with Gasteiger partial charge in [0.2, 0.25) is 0 Å². The number of ether oxygens (including phenoxy) is 1. The topological polar surface area (TPSA) is 50.4 Å². The van der Waals surface area contributed by atoms with Crippen molar-refractivity contribution in [3.63, 3.8) is 0 Å². The number of rotatable bonds is 5. The molecule has 120 valence electrons. The van der Waals surface area contributed by atoms with Gasteiger partial charge >= 0.3 is 5.97 Å². The first kappa shape index (κ1) is 17.0. The van der Waals surface area contributed by atoms with Crippen molar-refractivity contribution in [3.05, 3.63) is 59.7 Å². The van der Waals surface area contributed by atoms with E-state index in [9.17, 15) is 4.79 Å². The van der Waals surface area contributed by atoms with Crippen molar-refractivity contribution < 1.29 is 9.53 Å². The molecule has 0 aliphatic rings. The minimum absolute atomic E-state index is 0.307. The number of aryl methyl sites for hydroxylation is 1. The predicted octanol–water partition coefficient (Wildman–Crippen LogP) is 4.37. The zero-order valence-corrected chi connectivity index (χ0v) is 14.1. The molecule has 2 aromatic carbocycles. The van der Waals surface area contributed by atoms with Crippen molar-refractivity contribution >= 4 is 34.7 Å². The minimum Gasteiger partial charge on any atom is -0.462 e. The Bertz CT molecular complexity index is 666. The van der Waals surface area contributed by atoms with Gasteiger partial charge < -0.3 is 15.4 Å². The highest BCUT2D eigenvalue weighted by atomic mass is 32.1. The van der Waals surface area contributed by atoms with E-state index >= 15 is 0 Å². The monoisotopic (exact) mass is 328 g/mol. The normalized spacial score (nSPS) is 10.0. The first-order valence-corrected chi connectivity index (χ1v) is 7.91. The quantitative estimate of drug-likeness (QED) is 0.630. The molecule has 4 nitrogen and oxygen atoms in total. The van der Waals surface area contributed by atoms with E-state index in [2.05, 4.69) is 10.6 Å². The molecule has 0 unspecified atom stereocenters. The van der Waals surface area contributed by atoms with Gasteiger partial charge in [-0.05, 0) is 62.0 Å². The maximum Gasteiger partial charge on any atom is 0.338 e. The number of thiocarbonyl (C=S) groups is 1. The fraction of sp³-hybridized carbons (Fsp3) is 0.222. The Balaban J connectivity index is 1.91. The average molecular weight is 328 g/mol. The summed E-state index contributed by atoms with van der Waals surface area (Å²) in [4.78, 5) is 11.7. The molecule has 0 aliphatic heterocycles. The zero-order valence-electron chi connectivity index (χ0n) is 13.3. The van der Waals surface area contributed by atoms with Crippen LogP contribution in [0.3, 0.4) is 0 Å². The van der Waals surface area contributed by atoms with E-state index in [0.717, 1.165) is 17.8 Å². The van der Waals surface area contributed by atoms with E-state index in [1.165, 1.54) is 5.56 Å². The minimum atomic E-state index is -0.307. The van der Waals surface area contributed by atoms with Crippen LogP contribution in [-0.4, -0.2) is 17.7 Å². The third-order valence-corrected chi connectivity index (χ3v) is 3.33. The molecule has 0 aliphatic carbocycles. The van der Waals surface area contributed by atoms with Crippen molar-refractivity contribution in [2.45, 2.75) is 20.3 Å². The second kappa shape index (κ2) is 8.29. The molecule has 0 fully saturated rings. The Morgan fingerprint density at radius 3 is 2.04 bits per heavy atom. The smallest absolute Gasteiger partial charge is 0.338 e. The van der Waals surface area contributed by atoms with Gasteiger partial charge in [0, 0.05) is 11.4 Å². The first-order valence-electron chi connectivity index (χ1n) is 7.50. The standard InChI is InChI=1S/C18H20N2O2S/c1-3-12-22-17(21)14-6-10-16(11-7-14)20-18(23)19-15-8-4-13(2)5-9-15/h4-11H,3,12H2,1-2H3,(H2,19,20,23). The third kappa shape index (κ3) is 5.38. The molecule has 2 N–H and O–H groups in total. The van der Waals surface area contributed by atoms with Crippen LogP contribution in [0.5, 0.6) is 0 Å². The molecule has 5 heteroatoms. The van der Waals surface area contributed by atoms with Crippen molar-refractivity contribution in [3.8, 4) is 0 Å². The van der Waals surface area contributed by atoms with Crippen molar-refractivity contribution in [2.75, 3.05) is 17.2 Å². The van der Waals surface area contributed by atoms with E-state index in [1.807, 2.05) is 38.1 Å². The molecule has 2 rings (SSSR count). The van der Waals surface area contributed by atoms with E-state index in [1.54, 1.807) is 24.3 Å². The molecule has 0 saturated heterocycles. The first-order chi connectivity index (χ1) is 11.1. The van der Waals surface area contributed by atoms with Crippen LogP contribution < -0.4 is 10.6 Å². The molecule has 0 atom stereocenters. The number of hydrogen-bond acceptors (Lipinski definition) is 3. The second-order valence-electron chi connectivity index (χ2n) is 5.16. The van der Waals surface area contributed by atoms with Crippen LogP contribution in [0.4, 0.5) is 11.4 Å².